The molecule has 0 aliphatic rings. The van der Waals surface area contributed by atoms with Crippen LogP contribution in [0.5, 0.6) is 5.75 Å². The number of hydrogen-bond donors (Lipinski definition) is 1. The molecule has 0 saturated heterocycles. The lowest BCUT2D eigenvalue weighted by Crippen LogP contribution is -2.53. The van der Waals surface area contributed by atoms with E-state index in [9.17, 15) is 18.0 Å². The highest BCUT2D eigenvalue weighted by Gasteiger charge is 2.35. The van der Waals surface area contributed by atoms with Crippen LogP contribution in [0.4, 0.5) is 5.69 Å². The number of methoxy groups -OCH3 is 1. The topological polar surface area (TPSA) is 96.0 Å². The van der Waals surface area contributed by atoms with Gasteiger partial charge < -0.3 is 15.0 Å². The van der Waals surface area contributed by atoms with Crippen molar-refractivity contribution in [3.8, 4) is 5.75 Å². The number of carbonyl (C=O) groups is 2. The van der Waals surface area contributed by atoms with Gasteiger partial charge in [0.1, 0.15) is 18.3 Å². The smallest absolute Gasteiger partial charge is 0.264 e. The maximum atomic E-state index is 14.5. The van der Waals surface area contributed by atoms with Crippen molar-refractivity contribution in [3.63, 3.8) is 0 Å². The summed E-state index contributed by atoms with van der Waals surface area (Å²) in [5, 5.41) is 3.67. The first kappa shape index (κ1) is 34.8. The van der Waals surface area contributed by atoms with Gasteiger partial charge >= 0.3 is 0 Å². The molecule has 0 aromatic heterocycles. The number of amides is 2. The zero-order chi connectivity index (χ0) is 33.3. The van der Waals surface area contributed by atoms with Crippen molar-refractivity contribution >= 4 is 50.7 Å². The average molecular weight is 683 g/mol. The van der Waals surface area contributed by atoms with Gasteiger partial charge in [-0.1, -0.05) is 97.7 Å². The Hall–Kier alpha value is -4.05. The number of hydrogen-bond acceptors (Lipinski definition) is 5. The maximum Gasteiger partial charge on any atom is 0.264 e. The Morgan fingerprint density at radius 1 is 0.848 bits per heavy atom. The zero-order valence-electron chi connectivity index (χ0n) is 25.9. The van der Waals surface area contributed by atoms with Gasteiger partial charge in [0.25, 0.3) is 10.0 Å². The number of halogens is 2. The van der Waals surface area contributed by atoms with E-state index in [-0.39, 0.29) is 40.4 Å². The molecule has 0 aliphatic carbocycles. The van der Waals surface area contributed by atoms with Crippen LogP contribution < -0.4 is 14.4 Å². The number of sulfonamides is 1. The highest BCUT2D eigenvalue weighted by molar-refractivity contribution is 7.92. The van der Waals surface area contributed by atoms with Gasteiger partial charge in [-0.05, 0) is 59.5 Å². The van der Waals surface area contributed by atoms with E-state index < -0.39 is 28.5 Å². The summed E-state index contributed by atoms with van der Waals surface area (Å²) < 4.78 is 34.5. The average Bonchev–Trinajstić information content (AvgIpc) is 3.05. The highest BCUT2D eigenvalue weighted by Crippen LogP contribution is 2.32. The monoisotopic (exact) mass is 681 g/mol. The molecule has 2 amide bonds. The van der Waals surface area contributed by atoms with Crippen molar-refractivity contribution in [2.24, 2.45) is 5.92 Å². The summed E-state index contributed by atoms with van der Waals surface area (Å²) >= 11 is 12.6. The largest absolute Gasteiger partial charge is 0.495 e. The van der Waals surface area contributed by atoms with Crippen LogP contribution in [0.1, 0.15) is 25.0 Å². The lowest BCUT2D eigenvalue weighted by atomic mass is 10.0. The lowest BCUT2D eigenvalue weighted by Gasteiger charge is -2.34. The minimum absolute atomic E-state index is 0.00509. The van der Waals surface area contributed by atoms with Gasteiger partial charge in [-0.25, -0.2) is 8.42 Å². The van der Waals surface area contributed by atoms with Crippen molar-refractivity contribution in [1.29, 1.82) is 0 Å². The summed E-state index contributed by atoms with van der Waals surface area (Å²) in [6.45, 7) is 3.80. The lowest BCUT2D eigenvalue weighted by molar-refractivity contribution is -0.140. The molecule has 11 heteroatoms. The van der Waals surface area contributed by atoms with Crippen LogP contribution in [-0.4, -0.2) is 51.4 Å². The van der Waals surface area contributed by atoms with Gasteiger partial charge in [0.15, 0.2) is 0 Å². The molecule has 8 nitrogen and oxygen atoms in total. The Bertz CT molecular complexity index is 1720. The van der Waals surface area contributed by atoms with Gasteiger partial charge in [0, 0.05) is 24.5 Å². The highest BCUT2D eigenvalue weighted by atomic mass is 35.5. The third-order valence-corrected chi connectivity index (χ3v) is 9.59. The Kier molecular flexibility index (Phi) is 12.1. The van der Waals surface area contributed by atoms with E-state index in [0.717, 1.165) is 15.4 Å². The fourth-order valence-electron chi connectivity index (χ4n) is 4.82. The summed E-state index contributed by atoms with van der Waals surface area (Å²) in [6, 6.07) is 27.7. The van der Waals surface area contributed by atoms with Crippen molar-refractivity contribution < 1.29 is 22.7 Å². The molecule has 0 radical (unpaired) electrons. The molecule has 0 aliphatic heterocycles. The Balaban J connectivity index is 1.81. The number of anilines is 1. The quantitative estimate of drug-likeness (QED) is 0.162. The van der Waals surface area contributed by atoms with Crippen LogP contribution >= 0.6 is 23.2 Å². The molecule has 0 bridgehead atoms. The van der Waals surface area contributed by atoms with Crippen LogP contribution in [0.2, 0.25) is 10.0 Å². The van der Waals surface area contributed by atoms with E-state index in [1.54, 1.807) is 48.5 Å². The van der Waals surface area contributed by atoms with Crippen molar-refractivity contribution in [1.82, 2.24) is 10.2 Å². The molecular weight excluding hydrogens is 645 g/mol. The molecular formula is C35H37Cl2N3O5S. The molecule has 0 spiro atoms. The second kappa shape index (κ2) is 16.0. The van der Waals surface area contributed by atoms with Gasteiger partial charge in [0.2, 0.25) is 11.8 Å². The normalized spacial score (nSPS) is 12.0. The minimum atomic E-state index is -4.26. The Morgan fingerprint density at radius 3 is 2.07 bits per heavy atom. The summed E-state index contributed by atoms with van der Waals surface area (Å²) in [7, 11) is -2.80. The van der Waals surface area contributed by atoms with E-state index in [1.807, 2.05) is 44.2 Å². The van der Waals surface area contributed by atoms with Gasteiger partial charge in [-0.3, -0.25) is 13.9 Å². The standard InChI is InChI=1S/C35H37Cl2N3O5S/c1-25(2)22-38-35(42)32(20-26-10-6-4-7-11-26)39(23-27-14-16-28(36)17-15-27)34(41)24-40(29-18-19-33(45-3)31(37)21-29)46(43,44)30-12-8-5-9-13-30/h4-19,21,25,32H,20,22-24H2,1-3H3,(H,38,42)/t32-/m0/s1. The molecule has 242 valence electrons. The predicted molar refractivity (Wildman–Crippen MR) is 183 cm³/mol. The number of nitrogens with zero attached hydrogens (tertiary/aromatic N) is 2. The van der Waals surface area contributed by atoms with Crippen molar-refractivity contribution in [2.75, 3.05) is 24.5 Å². The van der Waals surface area contributed by atoms with Crippen LogP contribution in [0.15, 0.2) is 108 Å². The van der Waals surface area contributed by atoms with E-state index in [0.29, 0.717) is 17.3 Å². The van der Waals surface area contributed by atoms with E-state index in [2.05, 4.69) is 5.32 Å². The molecule has 4 aromatic rings. The molecule has 0 heterocycles. The molecule has 1 N–H and O–H groups in total. The number of rotatable bonds is 14. The fraction of sp³-hybridized carbons (Fsp3) is 0.257. The molecule has 0 fully saturated rings. The number of carbonyl (C=O) groups excluding carboxylic acids is 2. The third kappa shape index (κ3) is 9.02. The van der Waals surface area contributed by atoms with Crippen molar-refractivity contribution in [2.45, 2.75) is 37.8 Å². The van der Waals surface area contributed by atoms with Crippen LogP contribution in [-0.2, 0) is 32.6 Å². The molecule has 0 saturated carbocycles. The summed E-state index contributed by atoms with van der Waals surface area (Å²) in [6.07, 6.45) is 0.212. The number of ether oxygens (including phenoxy) is 1. The van der Waals surface area contributed by atoms with E-state index >= 15 is 0 Å². The van der Waals surface area contributed by atoms with Gasteiger partial charge in [0.05, 0.1) is 22.7 Å². The second-order valence-electron chi connectivity index (χ2n) is 11.1. The summed E-state index contributed by atoms with van der Waals surface area (Å²) in [5.41, 5.74) is 1.73. The first-order valence-corrected chi connectivity index (χ1v) is 17.0. The first-order valence-electron chi connectivity index (χ1n) is 14.8. The number of benzene rings is 4. The van der Waals surface area contributed by atoms with E-state index in [1.165, 1.54) is 36.3 Å². The fourth-order valence-corrected chi connectivity index (χ4v) is 6.63. The third-order valence-electron chi connectivity index (χ3n) is 7.26. The molecule has 46 heavy (non-hydrogen) atoms. The molecule has 0 unspecified atom stereocenters. The molecule has 4 rings (SSSR count). The van der Waals surface area contributed by atoms with Crippen molar-refractivity contribution in [3.05, 3.63) is 124 Å². The molecule has 4 aromatic carbocycles. The van der Waals surface area contributed by atoms with Gasteiger partial charge in [-0.2, -0.15) is 0 Å². The van der Waals surface area contributed by atoms with E-state index in [4.69, 9.17) is 27.9 Å². The number of nitrogens with one attached hydrogen (secondary N) is 1. The van der Waals surface area contributed by atoms with Crippen LogP contribution in [0, 0.1) is 5.92 Å². The maximum absolute atomic E-state index is 14.5. The second-order valence-corrected chi connectivity index (χ2v) is 13.8. The van der Waals surface area contributed by atoms with Crippen LogP contribution in [0.25, 0.3) is 0 Å². The zero-order valence-corrected chi connectivity index (χ0v) is 28.2. The van der Waals surface area contributed by atoms with Gasteiger partial charge in [-0.15, -0.1) is 0 Å². The Labute approximate surface area is 280 Å². The minimum Gasteiger partial charge on any atom is -0.495 e. The first-order chi connectivity index (χ1) is 22.0. The predicted octanol–water partition coefficient (Wildman–Crippen LogP) is 6.61. The summed E-state index contributed by atoms with van der Waals surface area (Å²) in [5.74, 6) is -0.400. The Morgan fingerprint density at radius 2 is 1.48 bits per heavy atom. The SMILES string of the molecule is COc1ccc(N(CC(=O)N(Cc2ccc(Cl)cc2)[C@@H](Cc2ccccc2)C(=O)NCC(C)C)S(=O)(=O)c2ccccc2)cc1Cl. The van der Waals surface area contributed by atoms with Crippen LogP contribution in [0.3, 0.4) is 0 Å². The summed E-state index contributed by atoms with van der Waals surface area (Å²) in [4.78, 5) is 29.8. The molecule has 1 atom stereocenters.